The molecule has 23 heavy (non-hydrogen) atoms. The molecule has 0 heterocycles. The molecule has 0 unspecified atom stereocenters. The molecule has 1 amide bonds. The number of rotatable bonds is 12. The Kier molecular flexibility index (Phi) is 9.76. The first-order chi connectivity index (χ1) is 11.2. The maximum Gasteiger partial charge on any atom is 0.231 e. The lowest BCUT2D eigenvalue weighted by Crippen LogP contribution is -2.16. The summed E-state index contributed by atoms with van der Waals surface area (Å²) in [5.41, 5.74) is 0.651. The molecule has 0 fully saturated rings. The van der Waals surface area contributed by atoms with Crippen molar-refractivity contribution in [3.63, 3.8) is 0 Å². The summed E-state index contributed by atoms with van der Waals surface area (Å²) in [6.45, 7) is 2.20. The van der Waals surface area contributed by atoms with Crippen LogP contribution < -0.4 is 10.1 Å². The van der Waals surface area contributed by atoms with Gasteiger partial charge < -0.3 is 10.1 Å². The number of carbonyl (C=O) groups excluding carboxylic acids is 2. The van der Waals surface area contributed by atoms with E-state index in [1.165, 1.54) is 32.1 Å². The van der Waals surface area contributed by atoms with Crippen LogP contribution in [0.25, 0.3) is 0 Å². The molecule has 0 atom stereocenters. The summed E-state index contributed by atoms with van der Waals surface area (Å²) in [4.78, 5) is 23.7. The molecule has 0 aliphatic carbocycles. The van der Waals surface area contributed by atoms with Gasteiger partial charge >= 0.3 is 0 Å². The molecule has 0 bridgehead atoms. The Morgan fingerprint density at radius 1 is 1.04 bits per heavy atom. The molecule has 4 nitrogen and oxygen atoms in total. The van der Waals surface area contributed by atoms with Gasteiger partial charge in [0.15, 0.2) is 0 Å². The first kappa shape index (κ1) is 19.2. The van der Waals surface area contributed by atoms with Crippen molar-refractivity contribution in [3.8, 4) is 5.75 Å². The second-order valence-electron chi connectivity index (χ2n) is 5.87. The van der Waals surface area contributed by atoms with E-state index in [0.717, 1.165) is 12.8 Å². The lowest BCUT2D eigenvalue weighted by atomic mass is 10.1. The molecule has 0 spiro atoms. The number of ether oxygens (including phenoxy) is 1. The molecule has 4 heteroatoms. The van der Waals surface area contributed by atoms with Gasteiger partial charge in [-0.05, 0) is 18.6 Å². The van der Waals surface area contributed by atoms with Crippen molar-refractivity contribution in [3.05, 3.63) is 24.3 Å². The van der Waals surface area contributed by atoms with Gasteiger partial charge in [-0.25, -0.2) is 0 Å². The highest BCUT2D eigenvalue weighted by Crippen LogP contribution is 2.17. The first-order valence-corrected chi connectivity index (χ1v) is 8.61. The molecule has 0 saturated carbocycles. The van der Waals surface area contributed by atoms with E-state index >= 15 is 0 Å². The molecule has 0 aromatic heterocycles. The van der Waals surface area contributed by atoms with Crippen LogP contribution in [0.2, 0.25) is 0 Å². The summed E-state index contributed by atoms with van der Waals surface area (Å²) in [6.07, 6.45) is 8.68. The summed E-state index contributed by atoms with van der Waals surface area (Å²) < 4.78 is 5.10. The number of Topliss-reactive ketones (excluding diaryl/α,β-unsaturated/α-hetero) is 1. The molecule has 1 aromatic carbocycles. The SMILES string of the molecule is CCCCCCCCCC(=O)CC(=O)Nc1cccc(OC)c1. The zero-order valence-corrected chi connectivity index (χ0v) is 14.4. The lowest BCUT2D eigenvalue weighted by molar-refractivity contribution is -0.125. The summed E-state index contributed by atoms with van der Waals surface area (Å²) >= 11 is 0. The van der Waals surface area contributed by atoms with Gasteiger partial charge in [0, 0.05) is 18.2 Å². The predicted molar refractivity (Wildman–Crippen MR) is 93.9 cm³/mol. The first-order valence-electron chi connectivity index (χ1n) is 8.61. The third-order valence-electron chi connectivity index (χ3n) is 3.77. The van der Waals surface area contributed by atoms with Crippen molar-refractivity contribution in [2.45, 2.75) is 64.7 Å². The quantitative estimate of drug-likeness (QED) is 0.447. The van der Waals surface area contributed by atoms with Gasteiger partial charge in [-0.15, -0.1) is 0 Å². The van der Waals surface area contributed by atoms with E-state index in [-0.39, 0.29) is 18.1 Å². The van der Waals surface area contributed by atoms with E-state index < -0.39 is 0 Å². The Bertz CT molecular complexity index is 485. The molecule has 128 valence electrons. The molecule has 1 N–H and O–H groups in total. The predicted octanol–water partition coefficient (Wildman–Crippen LogP) is 4.73. The van der Waals surface area contributed by atoms with Crippen molar-refractivity contribution in [2.75, 3.05) is 12.4 Å². The average Bonchev–Trinajstić information content (AvgIpc) is 2.54. The van der Waals surface area contributed by atoms with Crippen LogP contribution in [0.1, 0.15) is 64.7 Å². The van der Waals surface area contributed by atoms with Crippen LogP contribution in [0.15, 0.2) is 24.3 Å². The van der Waals surface area contributed by atoms with Gasteiger partial charge in [0.25, 0.3) is 0 Å². The Balaban J connectivity index is 2.17. The third kappa shape index (κ3) is 9.01. The smallest absolute Gasteiger partial charge is 0.231 e. The molecule has 0 saturated heterocycles. The van der Waals surface area contributed by atoms with Gasteiger partial charge in [-0.2, -0.15) is 0 Å². The van der Waals surface area contributed by atoms with E-state index in [9.17, 15) is 9.59 Å². The van der Waals surface area contributed by atoms with Crippen molar-refractivity contribution in [2.24, 2.45) is 0 Å². The maximum atomic E-state index is 11.9. The highest BCUT2D eigenvalue weighted by atomic mass is 16.5. The number of benzene rings is 1. The van der Waals surface area contributed by atoms with Gasteiger partial charge in [0.2, 0.25) is 5.91 Å². The summed E-state index contributed by atoms with van der Waals surface area (Å²) in [5, 5.41) is 2.73. The van der Waals surface area contributed by atoms with Gasteiger partial charge in [0.1, 0.15) is 11.5 Å². The standard InChI is InChI=1S/C19H29NO3/c1-3-4-5-6-7-8-9-12-17(21)15-19(22)20-16-11-10-13-18(14-16)23-2/h10-11,13-14H,3-9,12,15H2,1-2H3,(H,20,22). The number of nitrogens with one attached hydrogen (secondary N) is 1. The highest BCUT2D eigenvalue weighted by molar-refractivity contribution is 6.04. The minimum Gasteiger partial charge on any atom is -0.497 e. The van der Waals surface area contributed by atoms with Crippen LogP contribution in [0.3, 0.4) is 0 Å². The highest BCUT2D eigenvalue weighted by Gasteiger charge is 2.10. The van der Waals surface area contributed by atoms with Gasteiger partial charge in [0.05, 0.1) is 13.5 Å². The summed E-state index contributed by atoms with van der Waals surface area (Å²) in [7, 11) is 1.58. The maximum absolute atomic E-state index is 11.9. The molecule has 0 aliphatic rings. The summed E-state index contributed by atoms with van der Waals surface area (Å²) in [5.74, 6) is 0.433. The summed E-state index contributed by atoms with van der Waals surface area (Å²) in [6, 6.07) is 7.12. The van der Waals surface area contributed by atoms with Gasteiger partial charge in [-0.1, -0.05) is 51.5 Å². The second kappa shape index (κ2) is 11.7. The number of unbranched alkanes of at least 4 members (excludes halogenated alkanes) is 6. The molecular weight excluding hydrogens is 290 g/mol. The zero-order chi connectivity index (χ0) is 16.9. The van der Waals surface area contributed by atoms with E-state index in [1.54, 1.807) is 31.4 Å². The van der Waals surface area contributed by atoms with Crippen LogP contribution in [-0.2, 0) is 9.59 Å². The number of amides is 1. The zero-order valence-electron chi connectivity index (χ0n) is 14.4. The minimum atomic E-state index is -0.258. The topological polar surface area (TPSA) is 55.4 Å². The number of hydrogen-bond acceptors (Lipinski definition) is 3. The van der Waals surface area contributed by atoms with Gasteiger partial charge in [-0.3, -0.25) is 9.59 Å². The number of anilines is 1. The van der Waals surface area contributed by atoms with E-state index in [2.05, 4.69) is 12.2 Å². The van der Waals surface area contributed by atoms with E-state index in [0.29, 0.717) is 17.9 Å². The Hall–Kier alpha value is -1.84. The Morgan fingerprint density at radius 2 is 1.74 bits per heavy atom. The lowest BCUT2D eigenvalue weighted by Gasteiger charge is -2.06. The number of carbonyl (C=O) groups is 2. The second-order valence-corrected chi connectivity index (χ2v) is 5.87. The average molecular weight is 319 g/mol. The number of ketones is 1. The number of hydrogen-bond donors (Lipinski definition) is 1. The normalized spacial score (nSPS) is 10.3. The Labute approximate surface area is 139 Å². The van der Waals surface area contributed by atoms with E-state index in [4.69, 9.17) is 4.74 Å². The fourth-order valence-corrected chi connectivity index (χ4v) is 2.45. The molecule has 0 radical (unpaired) electrons. The largest absolute Gasteiger partial charge is 0.497 e. The Morgan fingerprint density at radius 3 is 2.43 bits per heavy atom. The molecule has 1 rings (SSSR count). The monoisotopic (exact) mass is 319 g/mol. The van der Waals surface area contributed by atoms with Crippen LogP contribution in [-0.4, -0.2) is 18.8 Å². The number of methoxy groups -OCH3 is 1. The van der Waals surface area contributed by atoms with Crippen LogP contribution in [0.5, 0.6) is 5.75 Å². The molecule has 0 aliphatic heterocycles. The minimum absolute atomic E-state index is 0.0129. The van der Waals surface area contributed by atoms with Crippen molar-refractivity contribution in [1.29, 1.82) is 0 Å². The fourth-order valence-electron chi connectivity index (χ4n) is 2.45. The molecular formula is C19H29NO3. The van der Waals surface area contributed by atoms with Crippen molar-refractivity contribution < 1.29 is 14.3 Å². The third-order valence-corrected chi connectivity index (χ3v) is 3.77. The van der Waals surface area contributed by atoms with E-state index in [1.807, 2.05) is 0 Å². The van der Waals surface area contributed by atoms with Crippen LogP contribution in [0.4, 0.5) is 5.69 Å². The van der Waals surface area contributed by atoms with Crippen LogP contribution >= 0.6 is 0 Å². The van der Waals surface area contributed by atoms with Crippen molar-refractivity contribution in [1.82, 2.24) is 0 Å². The van der Waals surface area contributed by atoms with Crippen LogP contribution in [0, 0.1) is 0 Å². The molecule has 1 aromatic rings. The fraction of sp³-hybridized carbons (Fsp3) is 0.579. The van der Waals surface area contributed by atoms with Crippen molar-refractivity contribution >= 4 is 17.4 Å².